The van der Waals surface area contributed by atoms with Crippen LogP contribution in [0.5, 0.6) is 0 Å². The van der Waals surface area contributed by atoms with Crippen LogP contribution in [0.15, 0.2) is 30.3 Å². The third-order valence-corrected chi connectivity index (χ3v) is 4.04. The second-order valence-corrected chi connectivity index (χ2v) is 5.61. The first-order chi connectivity index (χ1) is 8.25. The summed E-state index contributed by atoms with van der Waals surface area (Å²) in [5.74, 6) is 0.925. The summed E-state index contributed by atoms with van der Waals surface area (Å²) in [4.78, 5) is 0. The Kier molecular flexibility index (Phi) is 4.61. The van der Waals surface area contributed by atoms with Crippen LogP contribution in [0.25, 0.3) is 0 Å². The zero-order valence-corrected chi connectivity index (χ0v) is 11.2. The molecule has 0 amide bonds. The number of hydrogen-bond acceptors (Lipinski definition) is 1. The quantitative estimate of drug-likeness (QED) is 0.765. The van der Waals surface area contributed by atoms with Crippen molar-refractivity contribution >= 4 is 0 Å². The van der Waals surface area contributed by atoms with Crippen LogP contribution < -0.4 is 5.32 Å². The van der Waals surface area contributed by atoms with Gasteiger partial charge < -0.3 is 5.32 Å². The molecule has 1 aromatic rings. The molecule has 94 valence electrons. The van der Waals surface area contributed by atoms with Gasteiger partial charge in [0.25, 0.3) is 0 Å². The predicted octanol–water partition coefficient (Wildman–Crippen LogP) is 4.31. The molecule has 0 aliphatic heterocycles. The maximum absolute atomic E-state index is 3.80. The monoisotopic (exact) mass is 231 g/mol. The smallest absolute Gasteiger partial charge is 0.0294 e. The summed E-state index contributed by atoms with van der Waals surface area (Å²) in [5, 5.41) is 3.80. The van der Waals surface area contributed by atoms with Crippen molar-refractivity contribution < 1.29 is 0 Å². The molecule has 0 radical (unpaired) electrons. The minimum absolute atomic E-state index is 0.481. The highest BCUT2D eigenvalue weighted by molar-refractivity contribution is 5.18. The maximum atomic E-state index is 3.80. The number of rotatable bonds is 3. The van der Waals surface area contributed by atoms with Gasteiger partial charge in [0, 0.05) is 12.1 Å². The van der Waals surface area contributed by atoms with Gasteiger partial charge >= 0.3 is 0 Å². The van der Waals surface area contributed by atoms with E-state index >= 15 is 0 Å². The number of benzene rings is 1. The molecular formula is C16H25N. The molecule has 0 heterocycles. The molecule has 1 N–H and O–H groups in total. The van der Waals surface area contributed by atoms with E-state index in [1.165, 1.54) is 37.7 Å². The van der Waals surface area contributed by atoms with Gasteiger partial charge in [-0.25, -0.2) is 0 Å². The summed E-state index contributed by atoms with van der Waals surface area (Å²) in [5.41, 5.74) is 1.41. The van der Waals surface area contributed by atoms with Crippen LogP contribution in [0.4, 0.5) is 0 Å². The topological polar surface area (TPSA) is 12.0 Å². The third-order valence-electron chi connectivity index (χ3n) is 4.04. The van der Waals surface area contributed by atoms with Gasteiger partial charge in [0.05, 0.1) is 0 Å². The lowest BCUT2D eigenvalue weighted by Crippen LogP contribution is -2.31. The van der Waals surface area contributed by atoms with Gasteiger partial charge in [-0.05, 0) is 37.7 Å². The molecule has 1 aliphatic rings. The first-order valence-electron chi connectivity index (χ1n) is 7.06. The molecule has 0 spiro atoms. The van der Waals surface area contributed by atoms with Crippen molar-refractivity contribution in [2.24, 2.45) is 5.92 Å². The molecule has 17 heavy (non-hydrogen) atoms. The third kappa shape index (κ3) is 3.85. The Morgan fingerprint density at radius 1 is 1.06 bits per heavy atom. The van der Waals surface area contributed by atoms with Crippen LogP contribution in [0.3, 0.4) is 0 Å². The van der Waals surface area contributed by atoms with Gasteiger partial charge in [-0.3, -0.25) is 0 Å². The van der Waals surface area contributed by atoms with E-state index in [1.807, 2.05) is 0 Å². The van der Waals surface area contributed by atoms with Crippen molar-refractivity contribution in [2.75, 3.05) is 0 Å². The second-order valence-electron chi connectivity index (χ2n) is 5.61. The molecular weight excluding hydrogens is 206 g/mol. The van der Waals surface area contributed by atoms with E-state index in [0.717, 1.165) is 12.0 Å². The predicted molar refractivity (Wildman–Crippen MR) is 74.0 cm³/mol. The van der Waals surface area contributed by atoms with E-state index in [9.17, 15) is 0 Å². The van der Waals surface area contributed by atoms with Crippen LogP contribution in [-0.2, 0) is 0 Å². The zero-order valence-electron chi connectivity index (χ0n) is 11.2. The minimum Gasteiger partial charge on any atom is -0.307 e. The Hall–Kier alpha value is -0.820. The first-order valence-corrected chi connectivity index (χ1v) is 7.06. The van der Waals surface area contributed by atoms with E-state index < -0.39 is 0 Å². The molecule has 0 aromatic heterocycles. The van der Waals surface area contributed by atoms with E-state index in [-0.39, 0.29) is 0 Å². The van der Waals surface area contributed by atoms with Crippen LogP contribution in [0.1, 0.15) is 57.6 Å². The van der Waals surface area contributed by atoms with Gasteiger partial charge in [0.15, 0.2) is 0 Å². The van der Waals surface area contributed by atoms with Crippen molar-refractivity contribution in [3.63, 3.8) is 0 Å². The second kappa shape index (κ2) is 6.20. The van der Waals surface area contributed by atoms with Crippen molar-refractivity contribution in [3.05, 3.63) is 35.9 Å². The molecule has 0 bridgehead atoms. The standard InChI is InChI=1S/C16H25N/c1-13-7-6-10-16(12-11-13)17-14(2)15-8-4-3-5-9-15/h3-5,8-9,13-14,16-17H,6-7,10-12H2,1-2H3/t13?,14-,16?/m0/s1. The average Bonchev–Trinajstić information content (AvgIpc) is 2.56. The van der Waals surface area contributed by atoms with Crippen molar-refractivity contribution in [1.29, 1.82) is 0 Å². The van der Waals surface area contributed by atoms with Gasteiger partial charge in [0.1, 0.15) is 0 Å². The fraction of sp³-hybridized carbons (Fsp3) is 0.625. The fourth-order valence-electron chi connectivity index (χ4n) is 2.85. The highest BCUT2D eigenvalue weighted by Crippen LogP contribution is 2.24. The normalized spacial score (nSPS) is 27.4. The fourth-order valence-corrected chi connectivity index (χ4v) is 2.85. The van der Waals surface area contributed by atoms with Crippen LogP contribution >= 0.6 is 0 Å². The maximum Gasteiger partial charge on any atom is 0.0294 e. The lowest BCUT2D eigenvalue weighted by molar-refractivity contribution is 0.408. The molecule has 2 unspecified atom stereocenters. The Morgan fingerprint density at radius 2 is 1.82 bits per heavy atom. The lowest BCUT2D eigenvalue weighted by atomic mass is 10.0. The summed E-state index contributed by atoms with van der Waals surface area (Å²) >= 11 is 0. The molecule has 2 rings (SSSR count). The first kappa shape index (κ1) is 12.6. The largest absolute Gasteiger partial charge is 0.307 e. The van der Waals surface area contributed by atoms with Crippen molar-refractivity contribution in [2.45, 2.75) is 58.0 Å². The molecule has 1 heteroatoms. The van der Waals surface area contributed by atoms with E-state index in [4.69, 9.17) is 0 Å². The summed E-state index contributed by atoms with van der Waals surface area (Å²) in [6, 6.07) is 12.0. The average molecular weight is 231 g/mol. The minimum atomic E-state index is 0.481. The Balaban J connectivity index is 1.88. The Labute approximate surface area is 106 Å². The van der Waals surface area contributed by atoms with Crippen LogP contribution in [0, 0.1) is 5.92 Å². The van der Waals surface area contributed by atoms with Gasteiger partial charge in [-0.2, -0.15) is 0 Å². The highest BCUT2D eigenvalue weighted by Gasteiger charge is 2.17. The Bertz CT molecular complexity index is 320. The highest BCUT2D eigenvalue weighted by atomic mass is 14.9. The summed E-state index contributed by atoms with van der Waals surface area (Å²) in [6.07, 6.45) is 6.89. The van der Waals surface area contributed by atoms with Crippen LogP contribution in [0.2, 0.25) is 0 Å². The van der Waals surface area contributed by atoms with Crippen LogP contribution in [-0.4, -0.2) is 6.04 Å². The van der Waals surface area contributed by atoms with E-state index in [0.29, 0.717) is 6.04 Å². The molecule has 1 saturated carbocycles. The SMILES string of the molecule is CC1CCCC(N[C@@H](C)c2ccccc2)CC1. The van der Waals surface area contributed by atoms with Gasteiger partial charge in [0.2, 0.25) is 0 Å². The molecule has 0 saturated heterocycles. The van der Waals surface area contributed by atoms with Crippen molar-refractivity contribution in [3.8, 4) is 0 Å². The molecule has 1 aliphatic carbocycles. The van der Waals surface area contributed by atoms with Gasteiger partial charge in [-0.15, -0.1) is 0 Å². The van der Waals surface area contributed by atoms with E-state index in [1.54, 1.807) is 0 Å². The lowest BCUT2D eigenvalue weighted by Gasteiger charge is -2.22. The summed E-state index contributed by atoms with van der Waals surface area (Å²) in [7, 11) is 0. The zero-order chi connectivity index (χ0) is 12.1. The van der Waals surface area contributed by atoms with Gasteiger partial charge in [-0.1, -0.05) is 50.1 Å². The number of hydrogen-bond donors (Lipinski definition) is 1. The van der Waals surface area contributed by atoms with Crippen molar-refractivity contribution in [1.82, 2.24) is 5.32 Å². The Morgan fingerprint density at radius 3 is 2.59 bits per heavy atom. The molecule has 1 aromatic carbocycles. The number of nitrogens with one attached hydrogen (secondary N) is 1. The van der Waals surface area contributed by atoms with E-state index in [2.05, 4.69) is 49.5 Å². The molecule has 1 fully saturated rings. The summed E-state index contributed by atoms with van der Waals surface area (Å²) in [6.45, 7) is 4.67. The summed E-state index contributed by atoms with van der Waals surface area (Å²) < 4.78 is 0. The molecule has 1 nitrogen and oxygen atoms in total. The molecule has 3 atom stereocenters.